The molecule has 0 fully saturated rings. The fourth-order valence-corrected chi connectivity index (χ4v) is 0.975. The minimum absolute atomic E-state index is 0.00565. The van der Waals surface area contributed by atoms with Gasteiger partial charge < -0.3 is 14.6 Å². The van der Waals surface area contributed by atoms with Gasteiger partial charge in [0.15, 0.2) is 6.61 Å². The molecule has 0 aliphatic rings. The Kier molecular flexibility index (Phi) is 4.08. The van der Waals surface area contributed by atoms with Crippen LogP contribution in [0.3, 0.4) is 0 Å². The predicted molar refractivity (Wildman–Crippen MR) is 54.7 cm³/mol. The van der Waals surface area contributed by atoms with E-state index in [1.807, 2.05) is 0 Å². The third-order valence-electron chi connectivity index (χ3n) is 1.66. The summed E-state index contributed by atoms with van der Waals surface area (Å²) in [6.45, 7) is 2.65. The van der Waals surface area contributed by atoms with Crippen LogP contribution in [0.2, 0.25) is 0 Å². The van der Waals surface area contributed by atoms with E-state index in [0.29, 0.717) is 0 Å². The van der Waals surface area contributed by atoms with Crippen LogP contribution in [0.5, 0.6) is 5.75 Å². The molecule has 0 spiro atoms. The lowest BCUT2D eigenvalue weighted by Crippen LogP contribution is -2.14. The number of para-hydroxylation sites is 1. The quantitative estimate of drug-likeness (QED) is 0.612. The number of ether oxygens (including phenoxy) is 2. The average molecular weight is 222 g/mol. The number of carbonyl (C=O) groups is 2. The van der Waals surface area contributed by atoms with Crippen molar-refractivity contribution in [2.45, 2.75) is 0 Å². The van der Waals surface area contributed by atoms with Crippen molar-refractivity contribution in [2.24, 2.45) is 0 Å². The molecule has 0 heterocycles. The molecule has 1 aromatic rings. The third-order valence-corrected chi connectivity index (χ3v) is 1.66. The summed E-state index contributed by atoms with van der Waals surface area (Å²) in [5.41, 5.74) is -0.00565. The van der Waals surface area contributed by atoms with Gasteiger partial charge in [0.2, 0.25) is 0 Å². The summed E-state index contributed by atoms with van der Waals surface area (Å²) in [6, 6.07) is 5.87. The number of benzene rings is 1. The molecular weight excluding hydrogens is 212 g/mol. The first-order chi connectivity index (χ1) is 7.65. The summed E-state index contributed by atoms with van der Waals surface area (Å²) >= 11 is 0. The molecule has 16 heavy (non-hydrogen) atoms. The van der Waals surface area contributed by atoms with E-state index in [1.54, 1.807) is 12.1 Å². The second kappa shape index (κ2) is 5.55. The Hall–Kier alpha value is -2.30. The molecular formula is C11H10O5. The van der Waals surface area contributed by atoms with Crippen LogP contribution in [-0.4, -0.2) is 23.7 Å². The molecule has 5 heteroatoms. The maximum Gasteiger partial charge on any atom is 0.349 e. The first-order valence-electron chi connectivity index (χ1n) is 4.40. The third kappa shape index (κ3) is 3.13. The van der Waals surface area contributed by atoms with E-state index in [-0.39, 0.29) is 11.3 Å². The smallest absolute Gasteiger partial charge is 0.349 e. The number of carbonyl (C=O) groups excluding carboxylic acids is 2. The SMILES string of the molecule is C=COC(=O)COC(=O)c1ccccc1O. The number of rotatable bonds is 4. The lowest BCUT2D eigenvalue weighted by atomic mass is 10.2. The second-order valence-electron chi connectivity index (χ2n) is 2.75. The van der Waals surface area contributed by atoms with Crippen LogP contribution in [0.15, 0.2) is 37.1 Å². The molecule has 0 aliphatic carbocycles. The van der Waals surface area contributed by atoms with E-state index < -0.39 is 18.5 Å². The molecule has 0 radical (unpaired) electrons. The zero-order chi connectivity index (χ0) is 12.0. The van der Waals surface area contributed by atoms with Crippen LogP contribution < -0.4 is 0 Å². The van der Waals surface area contributed by atoms with Crippen LogP contribution in [0.1, 0.15) is 10.4 Å². The van der Waals surface area contributed by atoms with Crippen molar-refractivity contribution < 1.29 is 24.2 Å². The number of aromatic hydroxyl groups is 1. The average Bonchev–Trinajstić information content (AvgIpc) is 2.27. The molecule has 0 saturated heterocycles. The van der Waals surface area contributed by atoms with Crippen molar-refractivity contribution in [3.8, 4) is 5.75 Å². The maximum absolute atomic E-state index is 11.4. The van der Waals surface area contributed by atoms with Gasteiger partial charge in [-0.25, -0.2) is 9.59 Å². The van der Waals surface area contributed by atoms with Gasteiger partial charge in [0, 0.05) is 0 Å². The van der Waals surface area contributed by atoms with Gasteiger partial charge in [0.05, 0.1) is 6.26 Å². The van der Waals surface area contributed by atoms with E-state index >= 15 is 0 Å². The first kappa shape index (κ1) is 11.8. The lowest BCUT2D eigenvalue weighted by Gasteiger charge is -2.04. The van der Waals surface area contributed by atoms with Crippen molar-refractivity contribution in [3.63, 3.8) is 0 Å². The largest absolute Gasteiger partial charge is 0.507 e. The molecule has 0 aliphatic heterocycles. The number of esters is 2. The monoisotopic (exact) mass is 222 g/mol. The molecule has 0 unspecified atom stereocenters. The minimum atomic E-state index is -0.792. The topological polar surface area (TPSA) is 72.8 Å². The van der Waals surface area contributed by atoms with Crippen LogP contribution in [0.4, 0.5) is 0 Å². The summed E-state index contributed by atoms with van der Waals surface area (Å²) in [7, 11) is 0. The highest BCUT2D eigenvalue weighted by Crippen LogP contribution is 2.16. The predicted octanol–water partition coefficient (Wildman–Crippen LogP) is 1.24. The van der Waals surface area contributed by atoms with E-state index in [0.717, 1.165) is 6.26 Å². The van der Waals surface area contributed by atoms with Crippen molar-refractivity contribution in [1.29, 1.82) is 0 Å². The van der Waals surface area contributed by atoms with Crippen molar-refractivity contribution in [3.05, 3.63) is 42.7 Å². The Bertz CT molecular complexity index is 411. The number of hydrogen-bond donors (Lipinski definition) is 1. The molecule has 5 nitrogen and oxygen atoms in total. The Balaban J connectivity index is 2.57. The van der Waals surface area contributed by atoms with Gasteiger partial charge in [0.25, 0.3) is 0 Å². The van der Waals surface area contributed by atoms with Gasteiger partial charge in [-0.3, -0.25) is 0 Å². The fourth-order valence-electron chi connectivity index (χ4n) is 0.975. The molecule has 0 saturated carbocycles. The lowest BCUT2D eigenvalue weighted by molar-refractivity contribution is -0.141. The summed E-state index contributed by atoms with van der Waals surface area (Å²) in [5, 5.41) is 9.32. The highest BCUT2D eigenvalue weighted by atomic mass is 16.6. The Morgan fingerprint density at radius 3 is 2.69 bits per heavy atom. The Labute approximate surface area is 91.9 Å². The van der Waals surface area contributed by atoms with Gasteiger partial charge >= 0.3 is 11.9 Å². The Morgan fingerprint density at radius 2 is 2.06 bits per heavy atom. The number of hydrogen-bond acceptors (Lipinski definition) is 5. The summed E-state index contributed by atoms with van der Waals surface area (Å²) in [4.78, 5) is 22.2. The maximum atomic E-state index is 11.4. The van der Waals surface area contributed by atoms with Gasteiger partial charge in [0.1, 0.15) is 11.3 Å². The molecule has 1 rings (SSSR count). The molecule has 84 valence electrons. The molecule has 1 N–H and O–H groups in total. The standard InChI is InChI=1S/C11H10O5/c1-2-15-10(13)7-16-11(14)8-5-3-4-6-9(8)12/h2-6,12H,1,7H2. The van der Waals surface area contributed by atoms with E-state index in [1.165, 1.54) is 12.1 Å². The zero-order valence-corrected chi connectivity index (χ0v) is 8.38. The van der Waals surface area contributed by atoms with Gasteiger partial charge in [-0.2, -0.15) is 0 Å². The van der Waals surface area contributed by atoms with E-state index in [9.17, 15) is 14.7 Å². The highest BCUT2D eigenvalue weighted by Gasteiger charge is 2.13. The van der Waals surface area contributed by atoms with Crippen LogP contribution in [-0.2, 0) is 14.3 Å². The van der Waals surface area contributed by atoms with Crippen molar-refractivity contribution in [2.75, 3.05) is 6.61 Å². The van der Waals surface area contributed by atoms with Gasteiger partial charge in [-0.1, -0.05) is 18.7 Å². The number of phenols is 1. The summed E-state index contributed by atoms with van der Waals surface area (Å²) in [5.74, 6) is -1.73. The molecule has 0 atom stereocenters. The van der Waals surface area contributed by atoms with Crippen LogP contribution in [0, 0.1) is 0 Å². The molecule has 0 aromatic heterocycles. The molecule has 0 amide bonds. The highest BCUT2D eigenvalue weighted by molar-refractivity contribution is 5.93. The van der Waals surface area contributed by atoms with Gasteiger partial charge in [-0.05, 0) is 12.1 Å². The van der Waals surface area contributed by atoms with Crippen molar-refractivity contribution in [1.82, 2.24) is 0 Å². The van der Waals surface area contributed by atoms with Gasteiger partial charge in [-0.15, -0.1) is 0 Å². The van der Waals surface area contributed by atoms with E-state index in [2.05, 4.69) is 16.1 Å². The van der Waals surface area contributed by atoms with E-state index in [4.69, 9.17) is 0 Å². The normalized spacial score (nSPS) is 9.25. The second-order valence-corrected chi connectivity index (χ2v) is 2.75. The Morgan fingerprint density at radius 1 is 1.38 bits per heavy atom. The minimum Gasteiger partial charge on any atom is -0.507 e. The first-order valence-corrected chi connectivity index (χ1v) is 4.40. The fraction of sp³-hybridized carbons (Fsp3) is 0.0909. The molecule has 0 bridgehead atoms. The number of phenolic OH excluding ortho intramolecular Hbond substituents is 1. The van der Waals surface area contributed by atoms with Crippen LogP contribution >= 0.6 is 0 Å². The van der Waals surface area contributed by atoms with Crippen LogP contribution in [0.25, 0.3) is 0 Å². The van der Waals surface area contributed by atoms with Crippen molar-refractivity contribution >= 4 is 11.9 Å². The molecule has 1 aromatic carbocycles. The zero-order valence-electron chi connectivity index (χ0n) is 8.38. The summed E-state index contributed by atoms with van der Waals surface area (Å²) in [6.07, 6.45) is 0.941. The summed E-state index contributed by atoms with van der Waals surface area (Å²) < 4.78 is 8.95.